The van der Waals surface area contributed by atoms with E-state index in [9.17, 15) is 0 Å². The highest BCUT2D eigenvalue weighted by Gasteiger charge is 2.09. The third-order valence-corrected chi connectivity index (χ3v) is 3.55. The van der Waals surface area contributed by atoms with Gasteiger partial charge in [0.15, 0.2) is 0 Å². The molecule has 1 unspecified atom stereocenters. The van der Waals surface area contributed by atoms with Gasteiger partial charge in [0.25, 0.3) is 0 Å². The molecule has 0 saturated heterocycles. The van der Waals surface area contributed by atoms with Gasteiger partial charge in [0.05, 0.1) is 0 Å². The van der Waals surface area contributed by atoms with E-state index >= 15 is 0 Å². The van der Waals surface area contributed by atoms with Crippen LogP contribution in [-0.2, 0) is 0 Å². The molecule has 3 heteroatoms. The Labute approximate surface area is 126 Å². The second kappa shape index (κ2) is 7.58. The van der Waals surface area contributed by atoms with Crippen molar-refractivity contribution in [2.75, 3.05) is 18.9 Å². The van der Waals surface area contributed by atoms with Crippen molar-refractivity contribution in [1.29, 1.82) is 0 Å². The molecule has 21 heavy (non-hydrogen) atoms. The average molecular weight is 285 g/mol. The first-order valence-electron chi connectivity index (χ1n) is 7.40. The van der Waals surface area contributed by atoms with Crippen LogP contribution in [0.1, 0.15) is 31.7 Å². The Morgan fingerprint density at radius 3 is 2.33 bits per heavy atom. The summed E-state index contributed by atoms with van der Waals surface area (Å²) in [6.07, 6.45) is 1.10. The molecule has 3 nitrogen and oxygen atoms in total. The molecule has 0 aliphatic heterocycles. The van der Waals surface area contributed by atoms with Crippen molar-refractivity contribution in [2.45, 2.75) is 26.2 Å². The van der Waals surface area contributed by atoms with Gasteiger partial charge >= 0.3 is 0 Å². The van der Waals surface area contributed by atoms with Crippen LogP contribution < -0.4 is 15.2 Å². The lowest BCUT2D eigenvalue weighted by atomic mass is 9.98. The molecule has 0 saturated carbocycles. The molecular weight excluding hydrogens is 262 g/mol. The largest absolute Gasteiger partial charge is 0.490 e. The second-order valence-corrected chi connectivity index (χ2v) is 5.11. The summed E-state index contributed by atoms with van der Waals surface area (Å²) in [5.41, 5.74) is 7.63. The SMILES string of the molecule is CCC(C)c1ccccc1OCCOc1ccc(N)cc1. The first kappa shape index (κ1) is 15.2. The molecule has 112 valence electrons. The number of benzene rings is 2. The van der Waals surface area contributed by atoms with Crippen LogP contribution >= 0.6 is 0 Å². The summed E-state index contributed by atoms with van der Waals surface area (Å²) in [5, 5.41) is 0. The maximum atomic E-state index is 5.86. The molecule has 0 bridgehead atoms. The van der Waals surface area contributed by atoms with Crippen molar-refractivity contribution in [3.8, 4) is 11.5 Å². The van der Waals surface area contributed by atoms with E-state index in [0.717, 1.165) is 23.6 Å². The summed E-state index contributed by atoms with van der Waals surface area (Å²) >= 11 is 0. The van der Waals surface area contributed by atoms with Crippen molar-refractivity contribution in [3.63, 3.8) is 0 Å². The van der Waals surface area contributed by atoms with Crippen LogP contribution in [0.4, 0.5) is 5.69 Å². The van der Waals surface area contributed by atoms with Crippen molar-refractivity contribution in [3.05, 3.63) is 54.1 Å². The third kappa shape index (κ3) is 4.42. The van der Waals surface area contributed by atoms with Crippen LogP contribution in [0.2, 0.25) is 0 Å². The number of hydrogen-bond acceptors (Lipinski definition) is 3. The molecule has 0 heterocycles. The molecule has 2 aromatic carbocycles. The predicted octanol–water partition coefficient (Wildman–Crippen LogP) is 4.24. The maximum Gasteiger partial charge on any atom is 0.122 e. The number of nitrogen functional groups attached to an aromatic ring is 1. The highest BCUT2D eigenvalue weighted by Crippen LogP contribution is 2.28. The minimum absolute atomic E-state index is 0.499. The summed E-state index contributed by atoms with van der Waals surface area (Å²) in [4.78, 5) is 0. The van der Waals surface area contributed by atoms with Gasteiger partial charge in [-0.05, 0) is 48.2 Å². The van der Waals surface area contributed by atoms with Crippen LogP contribution in [0.15, 0.2) is 48.5 Å². The molecule has 0 radical (unpaired) electrons. The third-order valence-electron chi connectivity index (χ3n) is 3.55. The van der Waals surface area contributed by atoms with Gasteiger partial charge in [-0.15, -0.1) is 0 Å². The maximum absolute atomic E-state index is 5.86. The van der Waals surface area contributed by atoms with Crippen LogP contribution in [-0.4, -0.2) is 13.2 Å². The fourth-order valence-electron chi connectivity index (χ4n) is 2.11. The van der Waals surface area contributed by atoms with Crippen molar-refractivity contribution < 1.29 is 9.47 Å². The van der Waals surface area contributed by atoms with Crippen LogP contribution in [0.5, 0.6) is 11.5 Å². The zero-order valence-electron chi connectivity index (χ0n) is 12.7. The quantitative estimate of drug-likeness (QED) is 0.611. The lowest BCUT2D eigenvalue weighted by Gasteiger charge is -2.15. The monoisotopic (exact) mass is 285 g/mol. The van der Waals surface area contributed by atoms with Gasteiger partial charge in [-0.25, -0.2) is 0 Å². The number of rotatable bonds is 7. The Bertz CT molecular complexity index is 551. The van der Waals surface area contributed by atoms with Crippen molar-refractivity contribution in [2.24, 2.45) is 0 Å². The zero-order valence-corrected chi connectivity index (χ0v) is 12.7. The summed E-state index contributed by atoms with van der Waals surface area (Å²) in [6, 6.07) is 15.6. The molecule has 0 amide bonds. The molecular formula is C18H23NO2. The molecule has 2 N–H and O–H groups in total. The van der Waals surface area contributed by atoms with E-state index in [0.29, 0.717) is 19.1 Å². The Hall–Kier alpha value is -2.16. The van der Waals surface area contributed by atoms with Crippen LogP contribution in [0.3, 0.4) is 0 Å². The standard InChI is InChI=1S/C18H23NO2/c1-3-14(2)17-6-4-5-7-18(17)21-13-12-20-16-10-8-15(19)9-11-16/h4-11,14H,3,12-13,19H2,1-2H3. The summed E-state index contributed by atoms with van der Waals surface area (Å²) in [7, 11) is 0. The topological polar surface area (TPSA) is 44.5 Å². The van der Waals surface area contributed by atoms with Gasteiger partial charge < -0.3 is 15.2 Å². The van der Waals surface area contributed by atoms with E-state index in [1.807, 2.05) is 36.4 Å². The van der Waals surface area contributed by atoms with E-state index in [1.54, 1.807) is 0 Å². The molecule has 0 fully saturated rings. The minimum atomic E-state index is 0.499. The van der Waals surface area contributed by atoms with Gasteiger partial charge in [0.1, 0.15) is 24.7 Å². The van der Waals surface area contributed by atoms with E-state index < -0.39 is 0 Å². The van der Waals surface area contributed by atoms with Gasteiger partial charge in [-0.1, -0.05) is 32.0 Å². The number of hydrogen-bond donors (Lipinski definition) is 1. The number of nitrogens with two attached hydrogens (primary N) is 1. The van der Waals surface area contributed by atoms with Crippen molar-refractivity contribution >= 4 is 5.69 Å². The van der Waals surface area contributed by atoms with E-state index in [-0.39, 0.29) is 0 Å². The average Bonchev–Trinajstić information content (AvgIpc) is 2.53. The highest BCUT2D eigenvalue weighted by molar-refractivity contribution is 5.41. The van der Waals surface area contributed by atoms with Gasteiger partial charge in [-0.3, -0.25) is 0 Å². The smallest absolute Gasteiger partial charge is 0.122 e. The van der Waals surface area contributed by atoms with Crippen LogP contribution in [0.25, 0.3) is 0 Å². The summed E-state index contributed by atoms with van der Waals surface area (Å²) in [5.74, 6) is 2.26. The fraction of sp³-hybridized carbons (Fsp3) is 0.333. The Morgan fingerprint density at radius 2 is 1.62 bits per heavy atom. The van der Waals surface area contributed by atoms with E-state index in [1.165, 1.54) is 5.56 Å². The molecule has 0 aliphatic rings. The second-order valence-electron chi connectivity index (χ2n) is 5.11. The van der Waals surface area contributed by atoms with Gasteiger partial charge in [-0.2, -0.15) is 0 Å². The number of ether oxygens (including phenoxy) is 2. The van der Waals surface area contributed by atoms with Crippen LogP contribution in [0, 0.1) is 0 Å². The molecule has 2 aromatic rings. The fourth-order valence-corrected chi connectivity index (χ4v) is 2.11. The molecule has 0 aliphatic carbocycles. The lowest BCUT2D eigenvalue weighted by Crippen LogP contribution is -2.10. The van der Waals surface area contributed by atoms with Crippen molar-refractivity contribution in [1.82, 2.24) is 0 Å². The van der Waals surface area contributed by atoms with E-state index in [2.05, 4.69) is 26.0 Å². The first-order chi connectivity index (χ1) is 10.2. The molecule has 0 spiro atoms. The normalized spacial score (nSPS) is 11.9. The molecule has 2 rings (SSSR count). The Kier molecular flexibility index (Phi) is 5.50. The zero-order chi connectivity index (χ0) is 15.1. The molecule has 1 atom stereocenters. The van der Waals surface area contributed by atoms with Gasteiger partial charge in [0, 0.05) is 5.69 Å². The summed E-state index contributed by atoms with van der Waals surface area (Å²) in [6.45, 7) is 5.44. The summed E-state index contributed by atoms with van der Waals surface area (Å²) < 4.78 is 11.5. The minimum Gasteiger partial charge on any atom is -0.490 e. The first-order valence-corrected chi connectivity index (χ1v) is 7.40. The highest BCUT2D eigenvalue weighted by atomic mass is 16.5. The Balaban J connectivity index is 1.85. The predicted molar refractivity (Wildman–Crippen MR) is 87.0 cm³/mol. The number of para-hydroxylation sites is 1. The molecule has 0 aromatic heterocycles. The lowest BCUT2D eigenvalue weighted by molar-refractivity contribution is 0.215. The Morgan fingerprint density at radius 1 is 0.952 bits per heavy atom. The van der Waals surface area contributed by atoms with Gasteiger partial charge in [0.2, 0.25) is 0 Å². The van der Waals surface area contributed by atoms with E-state index in [4.69, 9.17) is 15.2 Å². The number of anilines is 1.